The maximum absolute atomic E-state index is 12.2. The number of hydrogen-bond acceptors (Lipinski definition) is 4. The fraction of sp³-hybridized carbons (Fsp3) is 0.167. The van der Waals surface area contributed by atoms with Crippen molar-refractivity contribution in [3.05, 3.63) is 71.2 Å². The minimum absolute atomic E-state index is 0.0146. The summed E-state index contributed by atoms with van der Waals surface area (Å²) in [5, 5.41) is 7.13. The molecule has 0 aliphatic carbocycles. The molecule has 0 spiro atoms. The molecule has 1 amide bonds. The van der Waals surface area contributed by atoms with Crippen molar-refractivity contribution in [2.24, 2.45) is 0 Å². The van der Waals surface area contributed by atoms with Gasteiger partial charge in [-0.05, 0) is 48.9 Å². The Morgan fingerprint density at radius 3 is 2.56 bits per heavy atom. The Kier molecular flexibility index (Phi) is 5.88. The van der Waals surface area contributed by atoms with E-state index < -0.39 is 0 Å². The van der Waals surface area contributed by atoms with Crippen LogP contribution in [0.1, 0.15) is 18.5 Å². The van der Waals surface area contributed by atoms with Crippen LogP contribution in [0, 0.1) is 0 Å². The fourth-order valence-corrected chi connectivity index (χ4v) is 3.28. The second-order valence-electron chi connectivity index (χ2n) is 5.46. The molecule has 5 nitrogen and oxygen atoms in total. The number of carbonyl (C=O) groups is 1. The van der Waals surface area contributed by atoms with E-state index in [-0.39, 0.29) is 11.9 Å². The minimum Gasteiger partial charge on any atom is -0.349 e. The maximum atomic E-state index is 12.2. The van der Waals surface area contributed by atoms with Crippen molar-refractivity contribution in [3.63, 3.8) is 0 Å². The van der Waals surface area contributed by atoms with Crippen LogP contribution in [0.3, 0.4) is 0 Å². The molecule has 1 aromatic heterocycles. The normalized spacial score (nSPS) is 11.9. The van der Waals surface area contributed by atoms with Crippen LogP contribution in [0.2, 0.25) is 0 Å². The predicted molar refractivity (Wildman–Crippen MR) is 103 cm³/mol. The average Bonchev–Trinajstić information content (AvgIpc) is 3.16. The number of aromatic nitrogens is 3. The van der Waals surface area contributed by atoms with Crippen molar-refractivity contribution in [1.29, 1.82) is 0 Å². The number of nitrogens with zero attached hydrogens (tertiary/aromatic N) is 3. The first-order valence-corrected chi connectivity index (χ1v) is 9.52. The smallest absolute Gasteiger partial charge is 0.230 e. The van der Waals surface area contributed by atoms with Gasteiger partial charge in [0.2, 0.25) is 5.91 Å². The highest BCUT2D eigenvalue weighted by Crippen LogP contribution is 2.21. The van der Waals surface area contributed by atoms with E-state index in [4.69, 9.17) is 0 Å². The van der Waals surface area contributed by atoms with Gasteiger partial charge >= 0.3 is 0 Å². The van der Waals surface area contributed by atoms with Gasteiger partial charge in [-0.25, -0.2) is 9.67 Å². The number of halogens is 1. The van der Waals surface area contributed by atoms with Gasteiger partial charge in [0.25, 0.3) is 0 Å². The Labute approximate surface area is 159 Å². The molecule has 2 aromatic carbocycles. The monoisotopic (exact) mass is 416 g/mol. The van der Waals surface area contributed by atoms with Crippen LogP contribution in [0.5, 0.6) is 0 Å². The zero-order valence-electron chi connectivity index (χ0n) is 13.6. The van der Waals surface area contributed by atoms with E-state index in [2.05, 4.69) is 31.3 Å². The van der Waals surface area contributed by atoms with Crippen molar-refractivity contribution in [2.45, 2.75) is 17.9 Å². The standard InChI is InChI=1S/C18H17BrN4OS/c1-13(14-2-6-16(7-3-14)23-12-20-11-21-23)22-18(24)10-25-17-8-4-15(19)5-9-17/h2-9,11-13H,10H2,1H3,(H,22,24). The van der Waals surface area contributed by atoms with Crippen molar-refractivity contribution in [1.82, 2.24) is 20.1 Å². The number of hydrogen-bond donors (Lipinski definition) is 1. The van der Waals surface area contributed by atoms with Crippen LogP contribution in [-0.4, -0.2) is 26.4 Å². The minimum atomic E-state index is -0.0529. The molecule has 0 saturated carbocycles. The number of nitrogens with one attached hydrogen (secondary N) is 1. The number of rotatable bonds is 6. The van der Waals surface area contributed by atoms with E-state index in [1.54, 1.807) is 11.0 Å². The van der Waals surface area contributed by atoms with E-state index in [1.807, 2.05) is 55.5 Å². The van der Waals surface area contributed by atoms with Crippen LogP contribution in [-0.2, 0) is 4.79 Å². The SMILES string of the molecule is CC(NC(=O)CSc1ccc(Br)cc1)c1ccc(-n2cncn2)cc1. The molecule has 3 aromatic rings. The molecule has 0 radical (unpaired) electrons. The second-order valence-corrected chi connectivity index (χ2v) is 7.43. The predicted octanol–water partition coefficient (Wildman–Crippen LogP) is 4.00. The lowest BCUT2D eigenvalue weighted by Gasteiger charge is -2.15. The van der Waals surface area contributed by atoms with Crippen molar-refractivity contribution < 1.29 is 4.79 Å². The largest absolute Gasteiger partial charge is 0.349 e. The highest BCUT2D eigenvalue weighted by Gasteiger charge is 2.10. The van der Waals surface area contributed by atoms with Crippen molar-refractivity contribution in [3.8, 4) is 5.69 Å². The maximum Gasteiger partial charge on any atom is 0.230 e. The van der Waals surface area contributed by atoms with Crippen LogP contribution >= 0.6 is 27.7 Å². The summed E-state index contributed by atoms with van der Waals surface area (Å²) in [5.74, 6) is 0.406. The van der Waals surface area contributed by atoms with E-state index >= 15 is 0 Å². The third-order valence-corrected chi connectivity index (χ3v) is 5.18. The molecule has 1 atom stereocenters. The zero-order valence-corrected chi connectivity index (χ0v) is 16.0. The molecular formula is C18H17BrN4OS. The molecule has 0 saturated heterocycles. The van der Waals surface area contributed by atoms with Gasteiger partial charge in [-0.2, -0.15) is 5.10 Å². The molecule has 0 fully saturated rings. The molecule has 0 aliphatic rings. The third kappa shape index (κ3) is 4.93. The fourth-order valence-electron chi connectivity index (χ4n) is 2.30. The van der Waals surface area contributed by atoms with E-state index in [0.29, 0.717) is 5.75 Å². The summed E-state index contributed by atoms with van der Waals surface area (Å²) < 4.78 is 2.73. The second kappa shape index (κ2) is 8.31. The molecule has 0 aliphatic heterocycles. The highest BCUT2D eigenvalue weighted by atomic mass is 79.9. The number of benzene rings is 2. The van der Waals surface area contributed by atoms with Gasteiger partial charge in [0.05, 0.1) is 17.5 Å². The molecule has 1 unspecified atom stereocenters. The van der Waals surface area contributed by atoms with Crippen LogP contribution in [0.15, 0.2) is 70.6 Å². The third-order valence-electron chi connectivity index (χ3n) is 3.64. The molecule has 1 heterocycles. The summed E-state index contributed by atoms with van der Waals surface area (Å²) in [5.41, 5.74) is 1.98. The average molecular weight is 417 g/mol. The quantitative estimate of drug-likeness (QED) is 0.616. The molecule has 0 bridgehead atoms. The number of amides is 1. The first kappa shape index (κ1) is 17.7. The highest BCUT2D eigenvalue weighted by molar-refractivity contribution is 9.10. The number of thioether (sulfide) groups is 1. The Bertz CT molecular complexity index is 819. The van der Waals surface area contributed by atoms with Gasteiger partial charge in [0, 0.05) is 9.37 Å². The van der Waals surface area contributed by atoms with Crippen molar-refractivity contribution in [2.75, 3.05) is 5.75 Å². The van der Waals surface area contributed by atoms with Crippen LogP contribution < -0.4 is 5.32 Å². The van der Waals surface area contributed by atoms with Crippen LogP contribution in [0.25, 0.3) is 5.69 Å². The van der Waals surface area contributed by atoms with E-state index in [0.717, 1.165) is 20.6 Å². The molecular weight excluding hydrogens is 400 g/mol. The summed E-state index contributed by atoms with van der Waals surface area (Å²) in [6.07, 6.45) is 3.15. The molecule has 128 valence electrons. The summed E-state index contributed by atoms with van der Waals surface area (Å²) >= 11 is 4.93. The van der Waals surface area contributed by atoms with E-state index in [1.165, 1.54) is 18.1 Å². The Hall–Kier alpha value is -2.12. The van der Waals surface area contributed by atoms with Gasteiger partial charge in [0.1, 0.15) is 12.7 Å². The summed E-state index contributed by atoms with van der Waals surface area (Å²) in [6, 6.07) is 15.8. The van der Waals surface area contributed by atoms with Gasteiger partial charge in [-0.15, -0.1) is 11.8 Å². The first-order chi connectivity index (χ1) is 12.1. The molecule has 3 rings (SSSR count). The lowest BCUT2D eigenvalue weighted by Crippen LogP contribution is -2.28. The zero-order chi connectivity index (χ0) is 17.6. The van der Waals surface area contributed by atoms with Gasteiger partial charge in [0.15, 0.2) is 0 Å². The first-order valence-electron chi connectivity index (χ1n) is 7.74. The van der Waals surface area contributed by atoms with E-state index in [9.17, 15) is 4.79 Å². The number of carbonyl (C=O) groups excluding carboxylic acids is 1. The summed E-state index contributed by atoms with van der Waals surface area (Å²) in [6.45, 7) is 1.98. The molecule has 1 N–H and O–H groups in total. The summed E-state index contributed by atoms with van der Waals surface area (Å²) in [4.78, 5) is 17.2. The van der Waals surface area contributed by atoms with Gasteiger partial charge in [-0.3, -0.25) is 4.79 Å². The van der Waals surface area contributed by atoms with Gasteiger partial charge < -0.3 is 5.32 Å². The Morgan fingerprint density at radius 1 is 1.20 bits per heavy atom. The summed E-state index contributed by atoms with van der Waals surface area (Å²) in [7, 11) is 0. The Morgan fingerprint density at radius 2 is 1.92 bits per heavy atom. The lowest BCUT2D eigenvalue weighted by molar-refractivity contribution is -0.119. The van der Waals surface area contributed by atoms with Crippen LogP contribution in [0.4, 0.5) is 0 Å². The lowest BCUT2D eigenvalue weighted by atomic mass is 10.1. The molecule has 7 heteroatoms. The molecule has 25 heavy (non-hydrogen) atoms. The van der Waals surface area contributed by atoms with Gasteiger partial charge in [-0.1, -0.05) is 28.1 Å². The van der Waals surface area contributed by atoms with Crippen molar-refractivity contribution >= 4 is 33.6 Å². The Balaban J connectivity index is 1.53. The topological polar surface area (TPSA) is 59.8 Å².